The van der Waals surface area contributed by atoms with Crippen molar-refractivity contribution in [1.29, 1.82) is 5.26 Å². The summed E-state index contributed by atoms with van der Waals surface area (Å²) < 4.78 is 52.3. The standard InChI is InChI=1S/C25H30F3N7O4/c26-25(27,28)22-19(13-31-32-24(22)37)34-5-1-2-18(34)15-38-8-4-21(36)33-6-7-35-17(14-33)3-9-39-20-10-16(11-29)12-30-23(20)35/h10,12-13,17-18,24,32,37H,1-9,14-15H2. The fraction of sp³-hybridized carbons (Fsp3) is 0.600. The number of nitriles is 1. The van der Waals surface area contributed by atoms with Crippen LogP contribution in [0.5, 0.6) is 5.75 Å². The minimum atomic E-state index is -4.71. The fourth-order valence-corrected chi connectivity index (χ4v) is 5.57. The van der Waals surface area contributed by atoms with Crippen molar-refractivity contribution < 1.29 is 32.5 Å². The molecule has 3 atom stereocenters. The summed E-state index contributed by atoms with van der Waals surface area (Å²) in [5.74, 6) is 1.21. The van der Waals surface area contributed by atoms with Crippen LogP contribution in [-0.4, -0.2) is 102 Å². The highest BCUT2D eigenvalue weighted by Crippen LogP contribution is 2.35. The number of carbonyl (C=O) groups excluding carboxylic acids is 1. The number of nitrogens with one attached hydrogen (secondary N) is 1. The summed E-state index contributed by atoms with van der Waals surface area (Å²) in [4.78, 5) is 22.9. The summed E-state index contributed by atoms with van der Waals surface area (Å²) in [6.07, 6.45) is -1.83. The first-order chi connectivity index (χ1) is 18.8. The van der Waals surface area contributed by atoms with Gasteiger partial charge in [-0.2, -0.15) is 23.5 Å². The molecule has 5 heterocycles. The number of alkyl halides is 3. The monoisotopic (exact) mass is 549 g/mol. The first-order valence-electron chi connectivity index (χ1n) is 13.0. The van der Waals surface area contributed by atoms with Crippen molar-refractivity contribution in [2.45, 2.75) is 50.2 Å². The van der Waals surface area contributed by atoms with Gasteiger partial charge in [0.15, 0.2) is 17.8 Å². The number of hydrogen-bond donors (Lipinski definition) is 2. The molecule has 4 aliphatic heterocycles. The third-order valence-corrected chi connectivity index (χ3v) is 7.47. The van der Waals surface area contributed by atoms with Crippen LogP contribution in [0.2, 0.25) is 0 Å². The maximum Gasteiger partial charge on any atom is 0.419 e. The Bertz CT molecular complexity index is 1190. The zero-order valence-corrected chi connectivity index (χ0v) is 21.2. The molecule has 14 heteroatoms. The van der Waals surface area contributed by atoms with Crippen molar-refractivity contribution in [3.8, 4) is 11.8 Å². The van der Waals surface area contributed by atoms with Gasteiger partial charge in [-0.15, -0.1) is 0 Å². The van der Waals surface area contributed by atoms with Gasteiger partial charge < -0.3 is 29.3 Å². The van der Waals surface area contributed by atoms with Gasteiger partial charge in [0.1, 0.15) is 11.6 Å². The Morgan fingerprint density at radius 1 is 1.28 bits per heavy atom. The summed E-state index contributed by atoms with van der Waals surface area (Å²) in [6.45, 7) is 2.79. The molecule has 0 radical (unpaired) electrons. The van der Waals surface area contributed by atoms with E-state index in [4.69, 9.17) is 14.7 Å². The number of carbonyl (C=O) groups is 1. The summed E-state index contributed by atoms with van der Waals surface area (Å²) in [5, 5.41) is 22.6. The fourth-order valence-electron chi connectivity index (χ4n) is 5.57. The van der Waals surface area contributed by atoms with Gasteiger partial charge in [0.25, 0.3) is 0 Å². The van der Waals surface area contributed by atoms with Gasteiger partial charge in [0.05, 0.1) is 55.8 Å². The van der Waals surface area contributed by atoms with E-state index < -0.39 is 18.0 Å². The lowest BCUT2D eigenvalue weighted by molar-refractivity contribution is -0.133. The lowest BCUT2D eigenvalue weighted by Crippen LogP contribution is -2.55. The second-order valence-electron chi connectivity index (χ2n) is 9.88. The van der Waals surface area contributed by atoms with E-state index in [1.54, 1.807) is 15.9 Å². The molecule has 210 valence electrons. The summed E-state index contributed by atoms with van der Waals surface area (Å²) in [7, 11) is 0. The summed E-state index contributed by atoms with van der Waals surface area (Å²) >= 11 is 0. The number of allylic oxidation sites excluding steroid dienone is 1. The largest absolute Gasteiger partial charge is 0.490 e. The van der Waals surface area contributed by atoms with E-state index in [0.29, 0.717) is 69.2 Å². The molecule has 2 N–H and O–H groups in total. The average molecular weight is 550 g/mol. The number of aliphatic hydroxyl groups is 1. The van der Waals surface area contributed by atoms with Crippen LogP contribution in [0.3, 0.4) is 0 Å². The summed E-state index contributed by atoms with van der Waals surface area (Å²) in [6, 6.07) is 3.48. The number of hydrazone groups is 1. The minimum absolute atomic E-state index is 0.0375. The number of aromatic nitrogens is 1. The number of pyridine rings is 1. The van der Waals surface area contributed by atoms with Crippen LogP contribution in [0.1, 0.15) is 31.2 Å². The molecule has 2 saturated heterocycles. The Labute approximate surface area is 223 Å². The van der Waals surface area contributed by atoms with Gasteiger partial charge in [-0.3, -0.25) is 10.2 Å². The van der Waals surface area contributed by atoms with Crippen LogP contribution in [0.4, 0.5) is 19.0 Å². The number of hydrogen-bond acceptors (Lipinski definition) is 10. The SMILES string of the molecule is N#Cc1cnc2c(c1)OCCC1CN(C(=O)CCOCC3CCCN3C3=C(C(F)(F)F)C(O)NN=C3)CCN21. The third kappa shape index (κ3) is 5.74. The van der Waals surface area contributed by atoms with Crippen molar-refractivity contribution in [2.24, 2.45) is 5.10 Å². The highest BCUT2D eigenvalue weighted by Gasteiger charge is 2.44. The zero-order valence-electron chi connectivity index (χ0n) is 21.2. The van der Waals surface area contributed by atoms with Gasteiger partial charge in [-0.1, -0.05) is 0 Å². The topological polar surface area (TPSA) is 127 Å². The number of rotatable bonds is 6. The number of anilines is 1. The van der Waals surface area contributed by atoms with Crippen molar-refractivity contribution in [3.63, 3.8) is 0 Å². The normalized spacial score (nSPS) is 24.9. The van der Waals surface area contributed by atoms with Gasteiger partial charge in [-0.05, 0) is 12.8 Å². The second kappa shape index (κ2) is 11.3. The molecule has 0 bridgehead atoms. The highest BCUT2D eigenvalue weighted by molar-refractivity contribution is 5.80. The number of likely N-dealkylation sites (tertiary alicyclic amines) is 1. The number of halogens is 3. The number of fused-ring (bicyclic) bond motifs is 3. The van der Waals surface area contributed by atoms with Crippen molar-refractivity contribution in [1.82, 2.24) is 20.2 Å². The number of aliphatic hydroxyl groups excluding tert-OH is 1. The molecule has 11 nitrogen and oxygen atoms in total. The number of amides is 1. The van der Waals surface area contributed by atoms with Gasteiger partial charge in [0.2, 0.25) is 5.91 Å². The van der Waals surface area contributed by atoms with Crippen LogP contribution < -0.4 is 15.1 Å². The van der Waals surface area contributed by atoms with Crippen LogP contribution in [0, 0.1) is 11.3 Å². The quantitative estimate of drug-likeness (QED) is 0.506. The van der Waals surface area contributed by atoms with Crippen LogP contribution in [0.15, 0.2) is 28.6 Å². The van der Waals surface area contributed by atoms with Crippen LogP contribution in [-0.2, 0) is 9.53 Å². The molecule has 39 heavy (non-hydrogen) atoms. The first kappa shape index (κ1) is 27.0. The Balaban J connectivity index is 1.13. The van der Waals surface area contributed by atoms with Gasteiger partial charge in [-0.25, -0.2) is 4.98 Å². The Hall–Kier alpha value is -3.57. The van der Waals surface area contributed by atoms with E-state index in [9.17, 15) is 23.1 Å². The van der Waals surface area contributed by atoms with E-state index >= 15 is 0 Å². The van der Waals surface area contributed by atoms with Crippen LogP contribution in [0.25, 0.3) is 0 Å². The van der Waals surface area contributed by atoms with E-state index in [1.165, 1.54) is 6.20 Å². The Morgan fingerprint density at radius 2 is 2.13 bits per heavy atom. The molecule has 2 fully saturated rings. The summed E-state index contributed by atoms with van der Waals surface area (Å²) in [5.41, 5.74) is 1.27. The maximum atomic E-state index is 13.6. The molecule has 5 rings (SSSR count). The molecule has 0 saturated carbocycles. The van der Waals surface area contributed by atoms with Gasteiger partial charge in [0, 0.05) is 44.9 Å². The number of nitrogens with zero attached hydrogens (tertiary/aromatic N) is 6. The van der Waals surface area contributed by atoms with Crippen molar-refractivity contribution in [3.05, 3.63) is 29.1 Å². The van der Waals surface area contributed by atoms with Gasteiger partial charge >= 0.3 is 6.18 Å². The lowest BCUT2D eigenvalue weighted by atomic mass is 10.1. The number of ether oxygens (including phenoxy) is 2. The second-order valence-corrected chi connectivity index (χ2v) is 9.88. The van der Waals surface area contributed by atoms with Crippen molar-refractivity contribution >= 4 is 17.9 Å². The molecule has 1 amide bonds. The first-order valence-corrected chi connectivity index (χ1v) is 13.0. The molecular formula is C25H30F3N7O4. The Kier molecular flexibility index (Phi) is 7.81. The average Bonchev–Trinajstić information content (AvgIpc) is 3.30. The molecule has 1 aromatic rings. The van der Waals surface area contributed by atoms with Crippen molar-refractivity contribution in [2.75, 3.05) is 50.9 Å². The highest BCUT2D eigenvalue weighted by atomic mass is 19.4. The molecule has 0 spiro atoms. The molecule has 1 aromatic heterocycles. The van der Waals surface area contributed by atoms with E-state index in [2.05, 4.69) is 26.5 Å². The maximum absolute atomic E-state index is 13.6. The third-order valence-electron chi connectivity index (χ3n) is 7.47. The molecule has 3 unspecified atom stereocenters. The van der Waals surface area contributed by atoms with E-state index in [0.717, 1.165) is 6.21 Å². The number of piperazine rings is 1. The molecule has 0 aromatic carbocycles. The van der Waals surface area contributed by atoms with E-state index in [1.807, 2.05) is 0 Å². The predicted molar refractivity (Wildman–Crippen MR) is 133 cm³/mol. The van der Waals surface area contributed by atoms with Crippen LogP contribution >= 0.6 is 0 Å². The smallest absolute Gasteiger partial charge is 0.419 e. The molecule has 0 aliphatic carbocycles. The Morgan fingerprint density at radius 3 is 2.92 bits per heavy atom. The zero-order chi connectivity index (χ0) is 27.6. The predicted octanol–water partition coefficient (Wildman–Crippen LogP) is 1.35. The minimum Gasteiger partial charge on any atom is -0.490 e. The molecule has 4 aliphatic rings. The lowest BCUT2D eigenvalue weighted by Gasteiger charge is -2.41. The molecular weight excluding hydrogens is 519 g/mol. The van der Waals surface area contributed by atoms with E-state index in [-0.39, 0.29) is 43.3 Å².